The third-order valence-electron chi connectivity index (χ3n) is 11.0. The molecule has 5 aromatic rings. The molecule has 6 aliphatic rings. The van der Waals surface area contributed by atoms with Gasteiger partial charge in [0.15, 0.2) is 0 Å². The monoisotopic (exact) mass is 580 g/mol. The summed E-state index contributed by atoms with van der Waals surface area (Å²) >= 11 is 0. The lowest BCUT2D eigenvalue weighted by Gasteiger charge is -2.42. The molecule has 0 fully saturated rings. The fraction of sp³-hybridized carbons (Fsp3) is 0.0435. The third kappa shape index (κ3) is 3.09. The molecular weight excluding hydrogens is 553 g/mol. The highest BCUT2D eigenvalue weighted by Crippen LogP contribution is 2.63. The average Bonchev–Trinajstić information content (AvgIpc) is 3.63. The quantitative estimate of drug-likeness (QED) is 0.195. The van der Waals surface area contributed by atoms with Crippen LogP contribution in [0, 0.1) is 11.8 Å². The van der Waals surface area contributed by atoms with Gasteiger partial charge in [0, 0.05) is 11.8 Å². The molecule has 212 valence electrons. The first-order chi connectivity index (χ1) is 22.8. The van der Waals surface area contributed by atoms with Gasteiger partial charge in [0.25, 0.3) is 0 Å². The largest absolute Gasteiger partial charge is 0.0622 e. The minimum atomic E-state index is 0.327. The van der Waals surface area contributed by atoms with Gasteiger partial charge < -0.3 is 0 Å². The summed E-state index contributed by atoms with van der Waals surface area (Å²) in [6.45, 7) is 0. The summed E-state index contributed by atoms with van der Waals surface area (Å²) in [7, 11) is 0. The summed E-state index contributed by atoms with van der Waals surface area (Å²) in [6, 6.07) is 38.4. The topological polar surface area (TPSA) is 0 Å². The second-order valence-corrected chi connectivity index (χ2v) is 13.1. The molecule has 0 saturated carbocycles. The Labute approximate surface area is 268 Å². The van der Waals surface area contributed by atoms with Gasteiger partial charge in [-0.2, -0.15) is 0 Å². The molecule has 0 bridgehead atoms. The van der Waals surface area contributed by atoms with E-state index in [4.69, 9.17) is 0 Å². The average molecular weight is 581 g/mol. The Hall–Kier alpha value is -5.72. The molecule has 0 spiro atoms. The zero-order valence-corrected chi connectivity index (χ0v) is 25.2. The van der Waals surface area contributed by atoms with Crippen LogP contribution in [0.1, 0.15) is 27.8 Å². The zero-order chi connectivity index (χ0) is 29.9. The summed E-state index contributed by atoms with van der Waals surface area (Å²) in [5, 5.41) is 5.21. The van der Waals surface area contributed by atoms with Crippen LogP contribution >= 0.6 is 0 Å². The highest BCUT2D eigenvalue weighted by molar-refractivity contribution is 6.40. The lowest BCUT2D eigenvalue weighted by Crippen LogP contribution is -2.30. The van der Waals surface area contributed by atoms with E-state index in [0.717, 1.165) is 0 Å². The van der Waals surface area contributed by atoms with Crippen molar-refractivity contribution in [2.75, 3.05) is 0 Å². The van der Waals surface area contributed by atoms with Crippen LogP contribution < -0.4 is 0 Å². The maximum atomic E-state index is 2.53. The Bertz CT molecular complexity index is 2550. The maximum Gasteiger partial charge on any atom is 0.0205 e. The van der Waals surface area contributed by atoms with Gasteiger partial charge in [0.2, 0.25) is 0 Å². The molecule has 0 radical (unpaired) electrons. The summed E-state index contributed by atoms with van der Waals surface area (Å²) in [5.41, 5.74) is 19.3. The van der Waals surface area contributed by atoms with E-state index in [1.807, 2.05) is 0 Å². The summed E-state index contributed by atoms with van der Waals surface area (Å²) < 4.78 is 0. The molecule has 2 atom stereocenters. The Morgan fingerprint density at radius 1 is 0.413 bits per heavy atom. The summed E-state index contributed by atoms with van der Waals surface area (Å²) in [4.78, 5) is 0. The van der Waals surface area contributed by atoms with Gasteiger partial charge in [-0.1, -0.05) is 158 Å². The van der Waals surface area contributed by atoms with Crippen molar-refractivity contribution in [3.63, 3.8) is 0 Å². The van der Waals surface area contributed by atoms with E-state index in [0.29, 0.717) is 11.8 Å². The van der Waals surface area contributed by atoms with Gasteiger partial charge in [-0.05, 0) is 99.5 Å². The molecule has 5 aromatic carbocycles. The number of allylic oxidation sites excluding steroid dienone is 17. The third-order valence-corrected chi connectivity index (χ3v) is 11.0. The van der Waals surface area contributed by atoms with E-state index in [2.05, 4.69) is 158 Å². The summed E-state index contributed by atoms with van der Waals surface area (Å²) in [5.74, 6) is 0.702. The van der Waals surface area contributed by atoms with E-state index in [1.165, 1.54) is 99.5 Å². The fourth-order valence-electron chi connectivity index (χ4n) is 9.15. The molecular formula is C46H28. The minimum Gasteiger partial charge on any atom is -0.0622 e. The lowest BCUT2D eigenvalue weighted by atomic mass is 9.61. The molecule has 46 heavy (non-hydrogen) atoms. The van der Waals surface area contributed by atoms with Crippen LogP contribution in [0.2, 0.25) is 0 Å². The molecule has 0 amide bonds. The molecule has 11 rings (SSSR count). The Morgan fingerprint density at radius 3 is 1.72 bits per heavy atom. The number of benzene rings is 5. The molecule has 0 heteroatoms. The van der Waals surface area contributed by atoms with Gasteiger partial charge in [0.1, 0.15) is 0 Å². The van der Waals surface area contributed by atoms with Crippen LogP contribution in [0.3, 0.4) is 0 Å². The van der Waals surface area contributed by atoms with E-state index in [9.17, 15) is 0 Å². The first-order valence-electron chi connectivity index (χ1n) is 16.4. The molecule has 0 heterocycles. The van der Waals surface area contributed by atoms with E-state index < -0.39 is 0 Å². The van der Waals surface area contributed by atoms with Crippen molar-refractivity contribution in [3.05, 3.63) is 213 Å². The van der Waals surface area contributed by atoms with E-state index >= 15 is 0 Å². The first kappa shape index (κ1) is 24.6. The van der Waals surface area contributed by atoms with Crippen LogP contribution in [-0.2, 0) is 0 Å². The summed E-state index contributed by atoms with van der Waals surface area (Å²) in [6.07, 6.45) is 21.1. The predicted molar refractivity (Wildman–Crippen MR) is 193 cm³/mol. The van der Waals surface area contributed by atoms with Crippen molar-refractivity contribution in [1.82, 2.24) is 0 Å². The number of fused-ring (bicyclic) bond motifs is 9. The van der Waals surface area contributed by atoms with Crippen molar-refractivity contribution in [2.24, 2.45) is 11.8 Å². The van der Waals surface area contributed by atoms with Gasteiger partial charge in [-0.25, -0.2) is 0 Å². The van der Waals surface area contributed by atoms with Crippen molar-refractivity contribution < 1.29 is 0 Å². The molecule has 0 saturated heterocycles. The van der Waals surface area contributed by atoms with Crippen LogP contribution in [-0.4, -0.2) is 0 Å². The van der Waals surface area contributed by atoms with Crippen molar-refractivity contribution in [2.45, 2.75) is 0 Å². The number of hydrogen-bond acceptors (Lipinski definition) is 0. The van der Waals surface area contributed by atoms with Crippen LogP contribution in [0.25, 0.3) is 43.8 Å². The highest BCUT2D eigenvalue weighted by atomic mass is 14.5. The van der Waals surface area contributed by atoms with E-state index in [1.54, 1.807) is 0 Å². The smallest absolute Gasteiger partial charge is 0.0205 e. The molecule has 0 aromatic heterocycles. The van der Waals surface area contributed by atoms with Crippen molar-refractivity contribution >= 4 is 43.8 Å². The fourth-order valence-corrected chi connectivity index (χ4v) is 9.15. The van der Waals surface area contributed by atoms with Crippen LogP contribution in [0.5, 0.6) is 0 Å². The second-order valence-electron chi connectivity index (χ2n) is 13.1. The SMILES string of the molecule is C1=CC2=CC=C3C=CC=C4C(C5=C6C(=C(c7ccccc7)c7ccc8ccccc8c76)c6c5ccc5ccccc65)=CC(=C1)C2C34. The van der Waals surface area contributed by atoms with Gasteiger partial charge in [0.05, 0.1) is 0 Å². The molecule has 6 aliphatic carbocycles. The maximum absolute atomic E-state index is 2.53. The van der Waals surface area contributed by atoms with Gasteiger partial charge in [-0.3, -0.25) is 0 Å². The normalized spacial score (nSPS) is 21.3. The highest BCUT2D eigenvalue weighted by Gasteiger charge is 2.45. The zero-order valence-electron chi connectivity index (χ0n) is 25.2. The van der Waals surface area contributed by atoms with Gasteiger partial charge in [-0.15, -0.1) is 0 Å². The van der Waals surface area contributed by atoms with Crippen LogP contribution in [0.15, 0.2) is 186 Å². The van der Waals surface area contributed by atoms with Crippen LogP contribution in [0.4, 0.5) is 0 Å². The minimum absolute atomic E-state index is 0.327. The Kier molecular flexibility index (Phi) is 4.77. The number of rotatable bonds is 2. The first-order valence-corrected chi connectivity index (χ1v) is 16.4. The molecule has 0 nitrogen and oxygen atoms in total. The second kappa shape index (κ2) is 8.93. The van der Waals surface area contributed by atoms with Gasteiger partial charge >= 0.3 is 0 Å². The molecule has 0 aliphatic heterocycles. The predicted octanol–water partition coefficient (Wildman–Crippen LogP) is 11.2. The van der Waals surface area contributed by atoms with Crippen molar-refractivity contribution in [3.8, 4) is 0 Å². The lowest BCUT2D eigenvalue weighted by molar-refractivity contribution is 0.559. The van der Waals surface area contributed by atoms with E-state index in [-0.39, 0.29) is 0 Å². The Balaban J connectivity index is 1.33. The number of hydrogen-bond donors (Lipinski definition) is 0. The molecule has 2 unspecified atom stereocenters. The Morgan fingerprint density at radius 2 is 1.00 bits per heavy atom. The standard InChI is InChI=1S/C46H28/c1-2-12-29(13-3-1)41-36-24-22-27-10-4-6-17-33(27)42(36)46-44(37-25-23-28-11-5-7-18-34(28)43(37)45(41)46)38-26-32-16-8-14-30-20-21-31-15-9-19-35(38)40(31)39(30)32/h1-26,39-40H. The molecule has 0 N–H and O–H groups in total. The van der Waals surface area contributed by atoms with Crippen molar-refractivity contribution in [1.29, 1.82) is 0 Å².